The fraction of sp³-hybridized carbons (Fsp3) is 0.562. The molecule has 0 aliphatic carbocycles. The van der Waals surface area contributed by atoms with Crippen LogP contribution in [0.2, 0.25) is 0 Å². The quantitative estimate of drug-likeness (QED) is 0.851. The topological polar surface area (TPSA) is 69.7 Å². The highest BCUT2D eigenvalue weighted by molar-refractivity contribution is 7.87. The van der Waals surface area contributed by atoms with Crippen molar-refractivity contribution in [3.63, 3.8) is 0 Å². The number of rotatable bonds is 6. The second-order valence-electron chi connectivity index (χ2n) is 6.46. The Balaban J connectivity index is 2.24. The number of fused-ring (bicyclic) bond motifs is 1. The van der Waals surface area contributed by atoms with Crippen molar-refractivity contribution in [3.8, 4) is 0 Å². The molecular weight excluding hydrogens is 314 g/mol. The summed E-state index contributed by atoms with van der Waals surface area (Å²) < 4.78 is 27.9. The first-order valence-corrected chi connectivity index (χ1v) is 9.25. The van der Waals surface area contributed by atoms with Crippen LogP contribution < -0.4 is 9.62 Å². The summed E-state index contributed by atoms with van der Waals surface area (Å²) in [6, 6.07) is 7.00. The number of hydrogen-bond donors (Lipinski definition) is 1. The van der Waals surface area contributed by atoms with Gasteiger partial charge in [-0.15, -0.1) is 0 Å². The van der Waals surface area contributed by atoms with Gasteiger partial charge >= 0.3 is 0 Å². The Morgan fingerprint density at radius 2 is 1.96 bits per heavy atom. The lowest BCUT2D eigenvalue weighted by atomic mass is 10.0. The number of carbonyl (C=O) groups excluding carboxylic acids is 1. The molecule has 0 bridgehead atoms. The maximum atomic E-state index is 12.9. The number of benzene rings is 1. The molecule has 23 heavy (non-hydrogen) atoms. The van der Waals surface area contributed by atoms with Crippen molar-refractivity contribution in [2.75, 3.05) is 25.5 Å². The molecule has 1 aliphatic heterocycles. The van der Waals surface area contributed by atoms with E-state index in [1.807, 2.05) is 38.1 Å². The van der Waals surface area contributed by atoms with Crippen LogP contribution in [-0.2, 0) is 21.4 Å². The number of para-hydroxylation sites is 1. The lowest BCUT2D eigenvalue weighted by Gasteiger charge is -2.27. The van der Waals surface area contributed by atoms with E-state index in [4.69, 9.17) is 0 Å². The molecule has 1 aromatic carbocycles. The molecule has 0 fully saturated rings. The number of nitrogens with one attached hydrogen (secondary N) is 1. The van der Waals surface area contributed by atoms with Gasteiger partial charge in [-0.25, -0.2) is 0 Å². The standard InChI is InChI=1S/C16H25N3O3S/c1-12(2)11-14(17-23(21,22)18(3)4)16(20)19-10-9-13-7-5-6-8-15(13)19/h5-8,12,14,17H,9-11H2,1-4H3/t14-/m0/s1. The van der Waals surface area contributed by atoms with Crippen LogP contribution in [0.5, 0.6) is 0 Å². The van der Waals surface area contributed by atoms with E-state index in [-0.39, 0.29) is 11.8 Å². The molecule has 1 N–H and O–H groups in total. The zero-order valence-corrected chi connectivity index (χ0v) is 14.9. The minimum atomic E-state index is -3.66. The highest BCUT2D eigenvalue weighted by atomic mass is 32.2. The lowest BCUT2D eigenvalue weighted by molar-refractivity contribution is -0.120. The van der Waals surface area contributed by atoms with Crippen molar-refractivity contribution in [2.45, 2.75) is 32.7 Å². The molecule has 1 aliphatic rings. The highest BCUT2D eigenvalue weighted by Gasteiger charge is 2.33. The molecule has 0 aromatic heterocycles. The summed E-state index contributed by atoms with van der Waals surface area (Å²) in [5.41, 5.74) is 2.01. The molecule has 0 spiro atoms. The van der Waals surface area contributed by atoms with Crippen LogP contribution in [0.25, 0.3) is 0 Å². The Labute approximate surface area is 138 Å². The van der Waals surface area contributed by atoms with Crippen LogP contribution in [-0.4, -0.2) is 45.3 Å². The van der Waals surface area contributed by atoms with Crippen molar-refractivity contribution in [1.29, 1.82) is 0 Å². The molecule has 0 radical (unpaired) electrons. The molecule has 2 rings (SSSR count). The molecule has 128 valence electrons. The number of carbonyl (C=O) groups is 1. The molecule has 6 nitrogen and oxygen atoms in total. The fourth-order valence-corrected chi connectivity index (χ4v) is 3.48. The normalized spacial score (nSPS) is 16.0. The predicted molar refractivity (Wildman–Crippen MR) is 91.5 cm³/mol. The first-order chi connectivity index (χ1) is 10.7. The Bertz CT molecular complexity index is 671. The van der Waals surface area contributed by atoms with Crippen molar-refractivity contribution >= 4 is 21.8 Å². The van der Waals surface area contributed by atoms with Gasteiger partial charge in [0, 0.05) is 26.3 Å². The highest BCUT2D eigenvalue weighted by Crippen LogP contribution is 2.28. The van der Waals surface area contributed by atoms with Crippen LogP contribution in [0.1, 0.15) is 25.8 Å². The van der Waals surface area contributed by atoms with Crippen molar-refractivity contribution in [1.82, 2.24) is 9.03 Å². The van der Waals surface area contributed by atoms with E-state index < -0.39 is 16.3 Å². The number of nitrogens with zero attached hydrogens (tertiary/aromatic N) is 2. The molecule has 1 heterocycles. The van der Waals surface area contributed by atoms with Gasteiger partial charge in [0.15, 0.2) is 0 Å². The third kappa shape index (κ3) is 4.10. The van der Waals surface area contributed by atoms with E-state index >= 15 is 0 Å². The fourth-order valence-electron chi connectivity index (χ4n) is 2.71. The average molecular weight is 339 g/mol. The predicted octanol–water partition coefficient (Wildman–Crippen LogP) is 1.39. The monoisotopic (exact) mass is 339 g/mol. The van der Waals surface area contributed by atoms with Crippen LogP contribution in [0.3, 0.4) is 0 Å². The lowest BCUT2D eigenvalue weighted by Crippen LogP contribution is -2.51. The maximum absolute atomic E-state index is 12.9. The summed E-state index contributed by atoms with van der Waals surface area (Å²) in [6.07, 6.45) is 1.27. The molecule has 1 amide bonds. The van der Waals surface area contributed by atoms with Gasteiger partial charge in [0.1, 0.15) is 6.04 Å². The molecule has 0 saturated heterocycles. The third-order valence-electron chi connectivity index (χ3n) is 3.93. The summed E-state index contributed by atoms with van der Waals surface area (Å²) in [6.45, 7) is 4.54. The molecule has 7 heteroatoms. The first kappa shape index (κ1) is 17.9. The number of amides is 1. The van der Waals surface area contributed by atoms with Gasteiger partial charge in [0.2, 0.25) is 5.91 Å². The zero-order valence-electron chi connectivity index (χ0n) is 14.1. The van der Waals surface area contributed by atoms with E-state index in [2.05, 4.69) is 4.72 Å². The average Bonchev–Trinajstić information content (AvgIpc) is 2.88. The van der Waals surface area contributed by atoms with Crippen LogP contribution in [0, 0.1) is 5.92 Å². The van der Waals surface area contributed by atoms with E-state index in [1.165, 1.54) is 14.1 Å². The second-order valence-corrected chi connectivity index (χ2v) is 8.37. The van der Waals surface area contributed by atoms with Crippen LogP contribution in [0.4, 0.5) is 5.69 Å². The van der Waals surface area contributed by atoms with Crippen molar-refractivity contribution in [3.05, 3.63) is 29.8 Å². The number of hydrogen-bond acceptors (Lipinski definition) is 3. The summed E-state index contributed by atoms with van der Waals surface area (Å²) >= 11 is 0. The van der Waals surface area contributed by atoms with E-state index in [9.17, 15) is 13.2 Å². The minimum Gasteiger partial charge on any atom is -0.310 e. The van der Waals surface area contributed by atoms with E-state index in [0.717, 1.165) is 22.0 Å². The Morgan fingerprint density at radius 1 is 1.30 bits per heavy atom. The van der Waals surface area contributed by atoms with Crippen LogP contribution in [0.15, 0.2) is 24.3 Å². The molecular formula is C16H25N3O3S. The molecule has 0 unspecified atom stereocenters. The van der Waals surface area contributed by atoms with Gasteiger partial charge in [0.05, 0.1) is 0 Å². The second kappa shape index (κ2) is 6.98. The summed E-state index contributed by atoms with van der Waals surface area (Å²) in [7, 11) is -0.762. The maximum Gasteiger partial charge on any atom is 0.279 e. The molecule has 1 atom stereocenters. The van der Waals surface area contributed by atoms with Gasteiger partial charge in [-0.05, 0) is 30.4 Å². The largest absolute Gasteiger partial charge is 0.310 e. The van der Waals surface area contributed by atoms with Gasteiger partial charge in [-0.1, -0.05) is 32.0 Å². The third-order valence-corrected chi connectivity index (χ3v) is 5.47. The van der Waals surface area contributed by atoms with Gasteiger partial charge in [-0.3, -0.25) is 4.79 Å². The Kier molecular flexibility index (Phi) is 5.44. The van der Waals surface area contributed by atoms with Gasteiger partial charge in [0.25, 0.3) is 10.2 Å². The smallest absolute Gasteiger partial charge is 0.279 e. The van der Waals surface area contributed by atoms with E-state index in [1.54, 1.807) is 4.90 Å². The molecule has 0 saturated carbocycles. The van der Waals surface area contributed by atoms with Gasteiger partial charge in [-0.2, -0.15) is 17.4 Å². The molecule has 1 aromatic rings. The zero-order chi connectivity index (χ0) is 17.2. The Hall–Kier alpha value is -1.44. The minimum absolute atomic E-state index is 0.186. The SMILES string of the molecule is CC(C)C[C@H](NS(=O)(=O)N(C)C)C(=O)N1CCc2ccccc21. The van der Waals surface area contributed by atoms with Crippen LogP contribution >= 0.6 is 0 Å². The summed E-state index contributed by atoms with van der Waals surface area (Å²) in [5.74, 6) is 0.0146. The van der Waals surface area contributed by atoms with Crippen molar-refractivity contribution in [2.24, 2.45) is 5.92 Å². The summed E-state index contributed by atoms with van der Waals surface area (Å²) in [5, 5.41) is 0. The van der Waals surface area contributed by atoms with E-state index in [0.29, 0.717) is 13.0 Å². The van der Waals surface area contributed by atoms with Gasteiger partial charge < -0.3 is 4.90 Å². The van der Waals surface area contributed by atoms with Crippen molar-refractivity contribution < 1.29 is 13.2 Å². The Morgan fingerprint density at radius 3 is 2.57 bits per heavy atom. The summed E-state index contributed by atoms with van der Waals surface area (Å²) in [4.78, 5) is 14.6. The number of anilines is 1. The first-order valence-electron chi connectivity index (χ1n) is 7.81.